The lowest BCUT2D eigenvalue weighted by Gasteiger charge is -2.22. The summed E-state index contributed by atoms with van der Waals surface area (Å²) < 4.78 is 5.03. The Morgan fingerprint density at radius 1 is 1.38 bits per heavy atom. The number of benzene rings is 1. The minimum Gasteiger partial charge on any atom is -0.393 e. The van der Waals surface area contributed by atoms with Gasteiger partial charge in [0.1, 0.15) is 5.69 Å². The van der Waals surface area contributed by atoms with Crippen LogP contribution in [0, 0.1) is 10.1 Å². The van der Waals surface area contributed by atoms with Crippen LogP contribution < -0.4 is 5.73 Å². The molecule has 8 heteroatoms. The number of ether oxygens (including phenoxy) is 1. The second-order valence-electron chi connectivity index (χ2n) is 5.07. The first kappa shape index (κ1) is 17.4. The van der Waals surface area contributed by atoms with E-state index < -0.39 is 4.92 Å². The van der Waals surface area contributed by atoms with Gasteiger partial charge in [-0.3, -0.25) is 19.9 Å². The summed E-state index contributed by atoms with van der Waals surface area (Å²) in [7, 11) is 1.54. The largest absolute Gasteiger partial charge is 0.393 e. The minimum absolute atomic E-state index is 0.0183. The van der Waals surface area contributed by atoms with Crippen molar-refractivity contribution in [1.29, 1.82) is 0 Å². The van der Waals surface area contributed by atoms with Crippen molar-refractivity contribution in [3.8, 4) is 0 Å². The van der Waals surface area contributed by atoms with Crippen LogP contribution >= 0.6 is 0 Å². The summed E-state index contributed by atoms with van der Waals surface area (Å²) in [4.78, 5) is 28.8. The molecule has 0 unspecified atom stereocenters. The van der Waals surface area contributed by atoms with Crippen LogP contribution in [0.15, 0.2) is 42.6 Å². The topological polar surface area (TPSA) is 112 Å². The number of amides is 1. The molecule has 0 aliphatic heterocycles. The molecule has 0 spiro atoms. The summed E-state index contributed by atoms with van der Waals surface area (Å²) in [5, 5.41) is 11.0. The zero-order chi connectivity index (χ0) is 17.5. The van der Waals surface area contributed by atoms with Crippen LogP contribution in [0.5, 0.6) is 0 Å². The summed E-state index contributed by atoms with van der Waals surface area (Å²) in [6, 6.07) is 9.45. The number of nitrogens with zero attached hydrogens (tertiary/aromatic N) is 3. The third-order valence-electron chi connectivity index (χ3n) is 3.41. The molecule has 8 nitrogen and oxygen atoms in total. The first-order valence-electron chi connectivity index (χ1n) is 7.25. The van der Waals surface area contributed by atoms with E-state index in [1.807, 2.05) is 6.07 Å². The summed E-state index contributed by atoms with van der Waals surface area (Å²) in [5.41, 5.74) is 6.22. The molecule has 0 saturated heterocycles. The molecule has 24 heavy (non-hydrogen) atoms. The second-order valence-corrected chi connectivity index (χ2v) is 5.07. The van der Waals surface area contributed by atoms with Gasteiger partial charge in [0.2, 0.25) is 0 Å². The van der Waals surface area contributed by atoms with Gasteiger partial charge in [0.25, 0.3) is 11.6 Å². The van der Waals surface area contributed by atoms with Gasteiger partial charge >= 0.3 is 0 Å². The average Bonchev–Trinajstić information content (AvgIpc) is 2.59. The molecule has 0 bridgehead atoms. The maximum atomic E-state index is 12.7. The highest BCUT2D eigenvalue weighted by molar-refractivity contribution is 5.95. The Labute approximate surface area is 139 Å². The molecule has 1 aromatic carbocycles. The van der Waals surface area contributed by atoms with Crippen LogP contribution in [0.25, 0.3) is 0 Å². The molecule has 1 heterocycles. The number of nitro benzene ring substituents is 1. The Bertz CT molecular complexity index is 721. The second kappa shape index (κ2) is 8.02. The van der Waals surface area contributed by atoms with Crippen LogP contribution in [0.3, 0.4) is 0 Å². The number of rotatable bonds is 7. The first-order valence-corrected chi connectivity index (χ1v) is 7.25. The Balaban J connectivity index is 2.27. The fraction of sp³-hybridized carbons (Fsp3) is 0.250. The van der Waals surface area contributed by atoms with Crippen molar-refractivity contribution in [3.05, 3.63) is 64.0 Å². The number of pyridine rings is 1. The standard InChI is InChI=1S/C16H18N4O4/c1-24-9-8-19(11-13-4-2-3-7-18-13)16(21)12-5-6-14(17)15(10-12)20(22)23/h2-7,10H,8-9,11,17H2,1H3. The van der Waals surface area contributed by atoms with Gasteiger partial charge in [-0.15, -0.1) is 0 Å². The molecule has 1 amide bonds. The predicted octanol–water partition coefficient (Wildman–Crippen LogP) is 1.86. The molecule has 0 saturated carbocycles. The van der Waals surface area contributed by atoms with Crippen LogP contribution in [0.2, 0.25) is 0 Å². The normalized spacial score (nSPS) is 10.4. The van der Waals surface area contributed by atoms with Crippen LogP contribution in [-0.2, 0) is 11.3 Å². The van der Waals surface area contributed by atoms with E-state index in [2.05, 4.69) is 4.98 Å². The van der Waals surface area contributed by atoms with E-state index in [9.17, 15) is 14.9 Å². The molecule has 1 aromatic heterocycles. The highest BCUT2D eigenvalue weighted by atomic mass is 16.6. The quantitative estimate of drug-likeness (QED) is 0.471. The van der Waals surface area contributed by atoms with Gasteiger partial charge in [-0.25, -0.2) is 0 Å². The van der Waals surface area contributed by atoms with Crippen molar-refractivity contribution < 1.29 is 14.5 Å². The number of nitro groups is 1. The fourth-order valence-electron chi connectivity index (χ4n) is 2.16. The van der Waals surface area contributed by atoms with Gasteiger partial charge in [-0.05, 0) is 24.3 Å². The zero-order valence-corrected chi connectivity index (χ0v) is 13.2. The number of methoxy groups -OCH3 is 1. The number of nitrogens with two attached hydrogens (primary N) is 1. The zero-order valence-electron chi connectivity index (χ0n) is 13.2. The number of carbonyl (C=O) groups excluding carboxylic acids is 1. The van der Waals surface area contributed by atoms with Crippen molar-refractivity contribution >= 4 is 17.3 Å². The Morgan fingerprint density at radius 2 is 2.17 bits per heavy atom. The SMILES string of the molecule is COCCN(Cc1ccccn1)C(=O)c1ccc(N)c([N+](=O)[O-])c1. The van der Waals surface area contributed by atoms with E-state index in [0.717, 1.165) is 0 Å². The van der Waals surface area contributed by atoms with E-state index in [-0.39, 0.29) is 29.4 Å². The Kier molecular flexibility index (Phi) is 5.80. The third kappa shape index (κ3) is 4.26. The smallest absolute Gasteiger partial charge is 0.292 e. The number of hydrogen-bond donors (Lipinski definition) is 1. The molecule has 0 aliphatic rings. The molecular weight excluding hydrogens is 312 g/mol. The van der Waals surface area contributed by atoms with Gasteiger partial charge in [-0.1, -0.05) is 6.07 Å². The maximum absolute atomic E-state index is 12.7. The molecule has 2 N–H and O–H groups in total. The average molecular weight is 330 g/mol. The van der Waals surface area contributed by atoms with Crippen LogP contribution in [0.1, 0.15) is 16.1 Å². The molecule has 0 radical (unpaired) electrons. The van der Waals surface area contributed by atoms with Gasteiger partial charge in [0.15, 0.2) is 0 Å². The molecule has 2 rings (SSSR count). The highest BCUT2D eigenvalue weighted by Gasteiger charge is 2.20. The molecule has 0 atom stereocenters. The Morgan fingerprint density at radius 3 is 2.79 bits per heavy atom. The van der Waals surface area contributed by atoms with Gasteiger partial charge in [0, 0.05) is 31.5 Å². The fourth-order valence-corrected chi connectivity index (χ4v) is 2.16. The van der Waals surface area contributed by atoms with E-state index in [4.69, 9.17) is 10.5 Å². The van der Waals surface area contributed by atoms with Crippen molar-refractivity contribution in [2.45, 2.75) is 6.54 Å². The van der Waals surface area contributed by atoms with Gasteiger partial charge in [0.05, 0.1) is 23.8 Å². The van der Waals surface area contributed by atoms with Gasteiger partial charge < -0.3 is 15.4 Å². The summed E-state index contributed by atoms with van der Waals surface area (Å²) >= 11 is 0. The number of hydrogen-bond acceptors (Lipinski definition) is 6. The van der Waals surface area contributed by atoms with Crippen molar-refractivity contribution in [2.75, 3.05) is 26.0 Å². The van der Waals surface area contributed by atoms with E-state index in [1.54, 1.807) is 18.3 Å². The molecule has 126 valence electrons. The monoisotopic (exact) mass is 330 g/mol. The predicted molar refractivity (Wildman–Crippen MR) is 88.4 cm³/mol. The van der Waals surface area contributed by atoms with Crippen LogP contribution in [-0.4, -0.2) is 41.0 Å². The highest BCUT2D eigenvalue weighted by Crippen LogP contribution is 2.23. The molecule has 2 aromatic rings. The van der Waals surface area contributed by atoms with E-state index >= 15 is 0 Å². The lowest BCUT2D eigenvalue weighted by molar-refractivity contribution is -0.383. The molecule has 0 fully saturated rings. The maximum Gasteiger partial charge on any atom is 0.292 e. The summed E-state index contributed by atoms with van der Waals surface area (Å²) in [5.74, 6) is -0.346. The van der Waals surface area contributed by atoms with Gasteiger partial charge in [-0.2, -0.15) is 0 Å². The Hall–Kier alpha value is -3.00. The number of aromatic nitrogens is 1. The van der Waals surface area contributed by atoms with Crippen molar-refractivity contribution in [2.24, 2.45) is 0 Å². The first-order chi connectivity index (χ1) is 11.5. The number of carbonyl (C=O) groups is 1. The van der Waals surface area contributed by atoms with E-state index in [1.165, 1.54) is 30.2 Å². The minimum atomic E-state index is -0.607. The lowest BCUT2D eigenvalue weighted by atomic mass is 10.1. The van der Waals surface area contributed by atoms with E-state index in [0.29, 0.717) is 18.8 Å². The van der Waals surface area contributed by atoms with Crippen molar-refractivity contribution in [3.63, 3.8) is 0 Å². The summed E-state index contributed by atoms with van der Waals surface area (Å²) in [6.45, 7) is 0.959. The third-order valence-corrected chi connectivity index (χ3v) is 3.41. The lowest BCUT2D eigenvalue weighted by Crippen LogP contribution is -2.33. The molecular formula is C16H18N4O4. The number of anilines is 1. The summed E-state index contributed by atoms with van der Waals surface area (Å²) in [6.07, 6.45) is 1.64. The molecule has 0 aliphatic carbocycles. The van der Waals surface area contributed by atoms with Crippen LogP contribution in [0.4, 0.5) is 11.4 Å². The number of nitrogen functional groups attached to an aromatic ring is 1. The van der Waals surface area contributed by atoms with Crippen molar-refractivity contribution in [1.82, 2.24) is 9.88 Å².